The molecule has 1 saturated heterocycles. The largest absolute Gasteiger partial charge is 0.336 e. The summed E-state index contributed by atoms with van der Waals surface area (Å²) in [6.07, 6.45) is 3.32. The van der Waals surface area contributed by atoms with Crippen molar-refractivity contribution in [1.29, 1.82) is 0 Å². The SMILES string of the molecule is C=C[C@@H]1C[C@@H](OS(C)(=O)=O)CN1C=O. The first-order valence-corrected chi connectivity index (χ1v) is 6.00. The first kappa shape index (κ1) is 11.2. The van der Waals surface area contributed by atoms with Crippen molar-refractivity contribution in [2.75, 3.05) is 12.8 Å². The Morgan fingerprint density at radius 1 is 1.57 bits per heavy atom. The number of amides is 1. The highest BCUT2D eigenvalue weighted by Gasteiger charge is 2.31. The summed E-state index contributed by atoms with van der Waals surface area (Å²) in [4.78, 5) is 12.0. The van der Waals surface area contributed by atoms with E-state index in [0.717, 1.165) is 6.26 Å². The van der Waals surface area contributed by atoms with Crippen LogP contribution in [-0.4, -0.2) is 44.7 Å². The van der Waals surface area contributed by atoms with E-state index in [1.165, 1.54) is 4.90 Å². The molecule has 6 heteroatoms. The standard InChI is InChI=1S/C8H13NO4S/c1-3-7-4-8(5-9(7)6-10)13-14(2,11)12/h3,6-8H,1,4-5H2,2H3/t7-,8-/m1/s1. The van der Waals surface area contributed by atoms with E-state index < -0.39 is 16.2 Å². The predicted molar refractivity (Wildman–Crippen MR) is 51.1 cm³/mol. The van der Waals surface area contributed by atoms with Gasteiger partial charge in [-0.3, -0.25) is 8.98 Å². The lowest BCUT2D eigenvalue weighted by atomic mass is 10.2. The van der Waals surface area contributed by atoms with Gasteiger partial charge in [0, 0.05) is 13.0 Å². The van der Waals surface area contributed by atoms with E-state index in [1.54, 1.807) is 6.08 Å². The predicted octanol–water partition coefficient (Wildman–Crippen LogP) is -0.252. The van der Waals surface area contributed by atoms with Crippen molar-refractivity contribution < 1.29 is 17.4 Å². The third-order valence-electron chi connectivity index (χ3n) is 2.06. The van der Waals surface area contributed by atoms with Gasteiger partial charge in [-0.1, -0.05) is 6.08 Å². The van der Waals surface area contributed by atoms with Gasteiger partial charge >= 0.3 is 0 Å². The summed E-state index contributed by atoms with van der Waals surface area (Å²) >= 11 is 0. The lowest BCUT2D eigenvalue weighted by Crippen LogP contribution is -2.27. The molecule has 0 aromatic rings. The van der Waals surface area contributed by atoms with Crippen molar-refractivity contribution in [2.24, 2.45) is 0 Å². The molecule has 0 bridgehead atoms. The summed E-state index contributed by atoms with van der Waals surface area (Å²) in [7, 11) is -3.45. The molecule has 1 aliphatic heterocycles. The minimum Gasteiger partial charge on any atom is -0.336 e. The fourth-order valence-electron chi connectivity index (χ4n) is 1.52. The molecular weight excluding hydrogens is 206 g/mol. The van der Waals surface area contributed by atoms with Crippen molar-refractivity contribution in [3.63, 3.8) is 0 Å². The summed E-state index contributed by atoms with van der Waals surface area (Å²) in [5.41, 5.74) is 0. The Morgan fingerprint density at radius 3 is 2.57 bits per heavy atom. The van der Waals surface area contributed by atoms with Crippen LogP contribution in [0.5, 0.6) is 0 Å². The Labute approximate surface area is 83.5 Å². The lowest BCUT2D eigenvalue weighted by molar-refractivity contribution is -0.118. The van der Waals surface area contributed by atoms with Crippen molar-refractivity contribution >= 4 is 16.5 Å². The van der Waals surface area contributed by atoms with Crippen LogP contribution < -0.4 is 0 Å². The molecule has 0 aromatic heterocycles. The monoisotopic (exact) mass is 219 g/mol. The van der Waals surface area contributed by atoms with Gasteiger partial charge in [0.25, 0.3) is 10.1 Å². The summed E-state index contributed by atoms with van der Waals surface area (Å²) in [5, 5.41) is 0. The molecule has 2 atom stereocenters. The second kappa shape index (κ2) is 4.10. The van der Waals surface area contributed by atoms with Crippen LogP contribution in [-0.2, 0) is 19.1 Å². The van der Waals surface area contributed by atoms with Crippen LogP contribution in [0.2, 0.25) is 0 Å². The zero-order chi connectivity index (χ0) is 10.8. The average molecular weight is 219 g/mol. The van der Waals surface area contributed by atoms with Crippen LogP contribution in [0.1, 0.15) is 6.42 Å². The molecule has 0 spiro atoms. The van der Waals surface area contributed by atoms with E-state index >= 15 is 0 Å². The first-order valence-electron chi connectivity index (χ1n) is 4.18. The van der Waals surface area contributed by atoms with Gasteiger partial charge in [-0.15, -0.1) is 6.58 Å². The van der Waals surface area contributed by atoms with Crippen LogP contribution in [0.3, 0.4) is 0 Å². The van der Waals surface area contributed by atoms with Crippen molar-refractivity contribution in [3.05, 3.63) is 12.7 Å². The lowest BCUT2D eigenvalue weighted by Gasteiger charge is -2.14. The maximum absolute atomic E-state index is 10.8. The number of carbonyl (C=O) groups is 1. The number of likely N-dealkylation sites (tertiary alicyclic amines) is 1. The molecule has 1 amide bonds. The molecule has 1 heterocycles. The second-order valence-electron chi connectivity index (χ2n) is 3.26. The minimum absolute atomic E-state index is 0.126. The van der Waals surface area contributed by atoms with E-state index in [9.17, 15) is 13.2 Å². The molecule has 0 aromatic carbocycles. The maximum atomic E-state index is 10.8. The van der Waals surface area contributed by atoms with Gasteiger partial charge < -0.3 is 4.90 Å². The molecule has 0 saturated carbocycles. The third kappa shape index (κ3) is 2.81. The van der Waals surface area contributed by atoms with Gasteiger partial charge in [0.1, 0.15) is 0 Å². The van der Waals surface area contributed by atoms with Crippen molar-refractivity contribution in [3.8, 4) is 0 Å². The Hall–Kier alpha value is -0.880. The summed E-state index contributed by atoms with van der Waals surface area (Å²) in [6, 6.07) is -0.126. The van der Waals surface area contributed by atoms with Crippen LogP contribution in [0, 0.1) is 0 Å². The zero-order valence-corrected chi connectivity index (χ0v) is 8.74. The number of carbonyl (C=O) groups excluding carboxylic acids is 1. The number of hydrogen-bond donors (Lipinski definition) is 0. The van der Waals surface area contributed by atoms with Gasteiger partial charge in [0.15, 0.2) is 0 Å². The number of rotatable bonds is 4. The quantitative estimate of drug-likeness (QED) is 0.371. The Kier molecular flexibility index (Phi) is 3.28. The van der Waals surface area contributed by atoms with Crippen LogP contribution in [0.25, 0.3) is 0 Å². The summed E-state index contributed by atoms with van der Waals surface area (Å²) in [5.74, 6) is 0. The molecule has 14 heavy (non-hydrogen) atoms. The van der Waals surface area contributed by atoms with E-state index in [2.05, 4.69) is 6.58 Å². The van der Waals surface area contributed by atoms with Gasteiger partial charge in [-0.25, -0.2) is 0 Å². The highest BCUT2D eigenvalue weighted by molar-refractivity contribution is 7.86. The molecule has 0 N–H and O–H groups in total. The van der Waals surface area contributed by atoms with Gasteiger partial charge in [0.2, 0.25) is 6.41 Å². The highest BCUT2D eigenvalue weighted by atomic mass is 32.2. The normalized spacial score (nSPS) is 27.6. The van der Waals surface area contributed by atoms with Crippen LogP contribution in [0.4, 0.5) is 0 Å². The molecule has 1 aliphatic rings. The molecule has 1 rings (SSSR count). The molecule has 5 nitrogen and oxygen atoms in total. The molecule has 0 aliphatic carbocycles. The van der Waals surface area contributed by atoms with Crippen LogP contribution in [0.15, 0.2) is 12.7 Å². The fraction of sp³-hybridized carbons (Fsp3) is 0.625. The number of nitrogens with zero attached hydrogens (tertiary/aromatic N) is 1. The second-order valence-corrected chi connectivity index (χ2v) is 4.86. The van der Waals surface area contributed by atoms with Crippen molar-refractivity contribution in [1.82, 2.24) is 4.90 Å². The zero-order valence-electron chi connectivity index (χ0n) is 7.92. The van der Waals surface area contributed by atoms with Crippen molar-refractivity contribution in [2.45, 2.75) is 18.6 Å². The number of hydrogen-bond acceptors (Lipinski definition) is 4. The Bertz CT molecular complexity index is 308. The summed E-state index contributed by atoms with van der Waals surface area (Å²) < 4.78 is 26.4. The van der Waals surface area contributed by atoms with Gasteiger partial charge in [-0.05, 0) is 0 Å². The average Bonchev–Trinajstić information content (AvgIpc) is 2.43. The first-order chi connectivity index (χ1) is 6.46. The molecule has 80 valence electrons. The van der Waals surface area contributed by atoms with E-state index in [1.807, 2.05) is 0 Å². The van der Waals surface area contributed by atoms with Gasteiger partial charge in [-0.2, -0.15) is 8.42 Å². The molecule has 0 unspecified atom stereocenters. The molecule has 1 fully saturated rings. The van der Waals surface area contributed by atoms with E-state index in [4.69, 9.17) is 4.18 Å². The Balaban J connectivity index is 2.62. The topological polar surface area (TPSA) is 63.7 Å². The minimum atomic E-state index is -3.45. The van der Waals surface area contributed by atoms with Gasteiger partial charge in [0.05, 0.1) is 18.4 Å². The summed E-state index contributed by atoms with van der Waals surface area (Å²) in [6.45, 7) is 3.87. The van der Waals surface area contributed by atoms with Crippen LogP contribution >= 0.6 is 0 Å². The fourth-order valence-corrected chi connectivity index (χ4v) is 2.15. The van der Waals surface area contributed by atoms with E-state index in [-0.39, 0.29) is 6.04 Å². The van der Waals surface area contributed by atoms with E-state index in [0.29, 0.717) is 19.4 Å². The maximum Gasteiger partial charge on any atom is 0.264 e. The Morgan fingerprint density at radius 2 is 2.21 bits per heavy atom. The molecule has 0 radical (unpaired) electrons. The molecular formula is C8H13NO4S. The third-order valence-corrected chi connectivity index (χ3v) is 2.68. The smallest absolute Gasteiger partial charge is 0.264 e. The highest BCUT2D eigenvalue weighted by Crippen LogP contribution is 2.20.